The number of allylic oxidation sites excluding steroid dienone is 3. The number of hydrogen-bond acceptors (Lipinski definition) is 15. The molecule has 428 valence electrons. The summed E-state index contributed by atoms with van der Waals surface area (Å²) in [6.07, 6.45) is 17.5. The van der Waals surface area contributed by atoms with E-state index in [1.165, 1.54) is 25.3 Å². The summed E-state index contributed by atoms with van der Waals surface area (Å²) in [6, 6.07) is 18.4. The monoisotopic (exact) mass is 1140 g/mol. The smallest absolute Gasteiger partial charge is 0.302 e. The van der Waals surface area contributed by atoms with Gasteiger partial charge in [0, 0.05) is 90.3 Å². The third-order valence-corrected chi connectivity index (χ3v) is 21.8. The number of methoxy groups -OCH3 is 1. The Morgan fingerprint density at radius 3 is 2.72 bits per heavy atom. The van der Waals surface area contributed by atoms with Crippen LogP contribution in [0.4, 0.5) is 0 Å². The molecule has 1 unspecified atom stereocenters. The normalized spacial score (nSPS) is 30.3. The lowest BCUT2D eigenvalue weighted by atomic mass is 9.65. The molecular formula is C67H74N4O9S2. The lowest BCUT2D eigenvalue weighted by Crippen LogP contribution is -2.52. The van der Waals surface area contributed by atoms with Gasteiger partial charge in [-0.15, -0.1) is 5.92 Å². The minimum absolute atomic E-state index is 0.00572. The van der Waals surface area contributed by atoms with Gasteiger partial charge in [-0.25, -0.2) is 0 Å². The Morgan fingerprint density at radius 1 is 0.976 bits per heavy atom. The Kier molecular flexibility index (Phi) is 15.9. The van der Waals surface area contributed by atoms with Crippen molar-refractivity contribution in [1.29, 1.82) is 0 Å². The van der Waals surface area contributed by atoms with Gasteiger partial charge in [0.2, 0.25) is 0 Å². The SMILES string of the molecule is COC[C@@H]1CC#C[C@@H]2C#CC3=C(C=CC(N)N3)C[C@@H]3CC[C@]4(Cc5cc(O)cc(OCO)c5-c5ccc6c(c54)O[C@H](c4c5c(c(O)c(c42)CNCC1)O[C@H]1[C@H](C=C5)N[C@H]2CCC[C@H](CSS[C@H]1Cc1ccccc1)C2)[C@H]6COC(C)=O)C3. The first-order chi connectivity index (χ1) is 40.0. The summed E-state index contributed by atoms with van der Waals surface area (Å²) < 4.78 is 33.6. The van der Waals surface area contributed by atoms with Gasteiger partial charge in [-0.2, -0.15) is 0 Å². The molecule has 6 bridgehead atoms. The standard InChI is InChI=1S/C67H74N4O9S2/c1-38(73)77-35-52-48-16-17-49-58-45(29-47(74)30-55(58)78-37-72)32-67-24-22-41(31-67)26-44-15-21-57(68)71-53(44)19-14-43-12-6-10-40(34-76-2)23-25-69-33-51-59(43)60(63(52)79-64(48)61(49)67)50-18-20-54-66(80-65(50)62(51)75)56(28-39-8-4-3-5-9-39)82-81-36-42-11-7-13-46(27-42)70-54/h3-5,8-9,15-18,20-21,29-30,40-43,46,52,54,56-57,63,66,69-72,74-75H,7,10-11,13,22-28,31-37,68H2,1-2H3/t40-,41+,42+,43-,46+,52+,54+,56+,57?,63+,66+,67-/m1/s1. The summed E-state index contributed by atoms with van der Waals surface area (Å²) in [5, 5.41) is 46.6. The highest BCUT2D eigenvalue weighted by Gasteiger charge is 2.52. The Labute approximate surface area is 489 Å². The number of ether oxygens (including phenoxy) is 5. The number of aromatic hydroxyl groups is 2. The summed E-state index contributed by atoms with van der Waals surface area (Å²) in [5.74, 6) is 16.7. The van der Waals surface area contributed by atoms with Crippen LogP contribution in [-0.2, 0) is 39.1 Å². The molecule has 4 aromatic carbocycles. The largest absolute Gasteiger partial charge is 0.508 e. The number of hydrogen-bond donors (Lipinski definition) is 7. The van der Waals surface area contributed by atoms with Crippen molar-refractivity contribution < 1.29 is 43.8 Å². The van der Waals surface area contributed by atoms with Crippen molar-refractivity contribution in [2.24, 2.45) is 23.5 Å². The van der Waals surface area contributed by atoms with Crippen LogP contribution in [0, 0.1) is 41.4 Å². The zero-order chi connectivity index (χ0) is 56.1. The van der Waals surface area contributed by atoms with Gasteiger partial charge in [0.15, 0.2) is 18.3 Å². The Bertz CT molecular complexity index is 3360. The molecule has 9 aliphatic rings. The van der Waals surface area contributed by atoms with Gasteiger partial charge in [-0.05, 0) is 134 Å². The number of esters is 1. The lowest BCUT2D eigenvalue weighted by molar-refractivity contribution is -0.141. The number of benzene rings is 4. The molecule has 2 saturated carbocycles. The molecule has 13 nitrogen and oxygen atoms in total. The van der Waals surface area contributed by atoms with E-state index in [9.17, 15) is 20.1 Å². The van der Waals surface area contributed by atoms with E-state index in [1.54, 1.807) is 13.2 Å². The van der Waals surface area contributed by atoms with Crippen LogP contribution in [0.1, 0.15) is 134 Å². The minimum Gasteiger partial charge on any atom is -0.508 e. The van der Waals surface area contributed by atoms with E-state index in [0.29, 0.717) is 54.5 Å². The molecule has 13 rings (SSSR count). The quantitative estimate of drug-likeness (QED) is 0.0382. The molecule has 1 spiro atoms. The number of carbonyl (C=O) groups is 1. The molecule has 15 heteroatoms. The first kappa shape index (κ1) is 55.2. The number of aliphatic hydroxyl groups excluding tert-OH is 1. The average molecular weight is 1140 g/mol. The molecule has 3 fully saturated rings. The van der Waals surface area contributed by atoms with Crippen LogP contribution in [0.2, 0.25) is 0 Å². The number of nitrogens with two attached hydrogens (primary N) is 1. The van der Waals surface area contributed by atoms with Crippen molar-refractivity contribution in [1.82, 2.24) is 16.0 Å². The molecule has 0 radical (unpaired) electrons. The van der Waals surface area contributed by atoms with Gasteiger partial charge < -0.3 is 60.7 Å². The maximum absolute atomic E-state index is 13.6. The topological polar surface area (TPSA) is 186 Å². The zero-order valence-corrected chi connectivity index (χ0v) is 48.4. The third-order valence-electron chi connectivity index (χ3n) is 18.8. The van der Waals surface area contributed by atoms with Gasteiger partial charge in [0.1, 0.15) is 42.0 Å². The highest BCUT2D eigenvalue weighted by Crippen LogP contribution is 2.64. The van der Waals surface area contributed by atoms with Crippen LogP contribution in [0.3, 0.4) is 0 Å². The predicted octanol–water partition coefficient (Wildman–Crippen LogP) is 10.1. The van der Waals surface area contributed by atoms with Crippen LogP contribution < -0.4 is 35.9 Å². The van der Waals surface area contributed by atoms with Gasteiger partial charge in [0.05, 0.1) is 29.1 Å². The number of dihydropyridines is 1. The zero-order valence-electron chi connectivity index (χ0n) is 46.8. The first-order valence-electron chi connectivity index (χ1n) is 29.6. The van der Waals surface area contributed by atoms with Gasteiger partial charge >= 0.3 is 5.97 Å². The molecule has 6 aliphatic heterocycles. The summed E-state index contributed by atoms with van der Waals surface area (Å²) in [6.45, 7) is 2.34. The van der Waals surface area contributed by atoms with Crippen molar-refractivity contribution in [2.75, 3.05) is 39.4 Å². The molecule has 1 saturated heterocycles. The van der Waals surface area contributed by atoms with E-state index in [2.05, 4.69) is 100 Å². The van der Waals surface area contributed by atoms with E-state index in [0.717, 1.165) is 113 Å². The number of aliphatic hydroxyl groups is 1. The van der Waals surface area contributed by atoms with Crippen molar-refractivity contribution in [2.45, 2.75) is 143 Å². The number of carbonyl (C=O) groups excluding carboxylic acids is 1. The van der Waals surface area contributed by atoms with E-state index in [-0.39, 0.29) is 53.8 Å². The van der Waals surface area contributed by atoms with Crippen LogP contribution in [0.15, 0.2) is 84.1 Å². The Balaban J connectivity index is 1.09. The summed E-state index contributed by atoms with van der Waals surface area (Å²) >= 11 is 0. The second-order valence-corrected chi connectivity index (χ2v) is 26.8. The molecule has 0 amide bonds. The second-order valence-electron chi connectivity index (χ2n) is 24.2. The number of phenols is 2. The molecule has 3 aliphatic carbocycles. The maximum Gasteiger partial charge on any atom is 0.302 e. The lowest BCUT2D eigenvalue weighted by Gasteiger charge is -2.39. The van der Waals surface area contributed by atoms with E-state index in [1.807, 2.05) is 33.7 Å². The molecule has 12 atom stereocenters. The fourth-order valence-corrected chi connectivity index (χ4v) is 18.4. The molecule has 4 aromatic rings. The Morgan fingerprint density at radius 2 is 1.87 bits per heavy atom. The summed E-state index contributed by atoms with van der Waals surface area (Å²) in [5.41, 5.74) is 16.7. The van der Waals surface area contributed by atoms with Gasteiger partial charge in [-0.1, -0.05) is 101 Å². The third kappa shape index (κ3) is 10.7. The molecule has 82 heavy (non-hydrogen) atoms. The predicted molar refractivity (Wildman–Crippen MR) is 321 cm³/mol. The summed E-state index contributed by atoms with van der Waals surface area (Å²) in [7, 11) is 5.59. The van der Waals surface area contributed by atoms with Crippen LogP contribution in [0.25, 0.3) is 17.2 Å². The van der Waals surface area contributed by atoms with Gasteiger partial charge in [-0.3, -0.25) is 4.79 Å². The maximum atomic E-state index is 13.6. The first-order valence-corrected chi connectivity index (χ1v) is 32.0. The number of fused-ring (bicyclic) bond motifs is 10. The Hall–Kier alpha value is -6.01. The summed E-state index contributed by atoms with van der Waals surface area (Å²) in [4.78, 5) is 13.2. The van der Waals surface area contributed by atoms with E-state index in [4.69, 9.17) is 29.4 Å². The number of nitrogens with one attached hydrogen (secondary N) is 3. The molecule has 8 N–H and O–H groups in total. The van der Waals surface area contributed by atoms with E-state index >= 15 is 0 Å². The van der Waals surface area contributed by atoms with Crippen LogP contribution in [0.5, 0.6) is 28.7 Å². The van der Waals surface area contributed by atoms with E-state index < -0.39 is 48.4 Å². The van der Waals surface area contributed by atoms with Crippen LogP contribution in [-0.4, -0.2) is 90.3 Å². The average Bonchev–Trinajstić information content (AvgIpc) is 2.55. The molecule has 0 aromatic heterocycles. The molecular weight excluding hydrogens is 1070 g/mol. The fraction of sp³-hybridized carbons (Fsp3) is 0.478. The number of rotatable bonds is 8. The van der Waals surface area contributed by atoms with Crippen LogP contribution >= 0.6 is 21.6 Å². The van der Waals surface area contributed by atoms with Crippen molar-refractivity contribution in [3.63, 3.8) is 0 Å². The van der Waals surface area contributed by atoms with Crippen molar-refractivity contribution >= 4 is 33.6 Å². The van der Waals surface area contributed by atoms with Crippen molar-refractivity contribution in [3.05, 3.63) is 129 Å². The minimum atomic E-state index is -0.809. The second kappa shape index (κ2) is 23.6. The van der Waals surface area contributed by atoms with Crippen molar-refractivity contribution in [3.8, 4) is 63.6 Å². The highest BCUT2D eigenvalue weighted by atomic mass is 33.1. The molecule has 6 heterocycles. The highest BCUT2D eigenvalue weighted by molar-refractivity contribution is 8.77. The van der Waals surface area contributed by atoms with Gasteiger partial charge in [0.25, 0.3) is 0 Å². The number of phenolic OH excluding ortho intramolecular Hbond substituents is 2. The fourth-order valence-electron chi connectivity index (χ4n) is 15.2.